The van der Waals surface area contributed by atoms with E-state index in [1.807, 2.05) is 0 Å². The van der Waals surface area contributed by atoms with Crippen molar-refractivity contribution in [1.82, 2.24) is 5.16 Å². The summed E-state index contributed by atoms with van der Waals surface area (Å²) in [5.41, 5.74) is 0.586. The molecule has 1 saturated heterocycles. The lowest BCUT2D eigenvalue weighted by Gasteiger charge is -2.17. The predicted octanol–water partition coefficient (Wildman–Crippen LogP) is 3.17. The van der Waals surface area contributed by atoms with Gasteiger partial charge in [-0.05, 0) is 24.3 Å². The van der Waals surface area contributed by atoms with Crippen LogP contribution < -0.4 is 4.90 Å². The standard InChI is InChI=1S/C19H15FN2O5/c20-14-4-1-2-5-15(14)22-10-12(8-18(22)23)19(24)26-11-13-9-17(27-21-13)16-6-3-7-25-16/h1-7,9,12H,8,10-11H2/t12-/m0/s1. The fraction of sp³-hybridized carbons (Fsp3) is 0.211. The number of nitrogens with zero attached hydrogens (tertiary/aromatic N) is 2. The van der Waals surface area contributed by atoms with Crippen molar-refractivity contribution in [2.45, 2.75) is 13.0 Å². The van der Waals surface area contributed by atoms with Crippen LogP contribution in [0.4, 0.5) is 10.1 Å². The summed E-state index contributed by atoms with van der Waals surface area (Å²) in [7, 11) is 0. The molecular weight excluding hydrogens is 355 g/mol. The number of hydrogen-bond acceptors (Lipinski definition) is 6. The number of ether oxygens (including phenoxy) is 1. The van der Waals surface area contributed by atoms with E-state index >= 15 is 0 Å². The molecule has 7 nitrogen and oxygen atoms in total. The van der Waals surface area contributed by atoms with Crippen LogP contribution in [-0.2, 0) is 20.9 Å². The number of amides is 1. The molecule has 4 rings (SSSR count). The first-order valence-electron chi connectivity index (χ1n) is 8.33. The molecule has 0 unspecified atom stereocenters. The molecule has 3 aromatic rings. The van der Waals surface area contributed by atoms with Crippen molar-refractivity contribution in [2.75, 3.05) is 11.4 Å². The van der Waals surface area contributed by atoms with Crippen LogP contribution in [0.3, 0.4) is 0 Å². The molecule has 1 fully saturated rings. The summed E-state index contributed by atoms with van der Waals surface area (Å²) in [5, 5.41) is 3.82. The monoisotopic (exact) mass is 370 g/mol. The van der Waals surface area contributed by atoms with Gasteiger partial charge in [-0.3, -0.25) is 9.59 Å². The second-order valence-corrected chi connectivity index (χ2v) is 6.12. The fourth-order valence-corrected chi connectivity index (χ4v) is 2.95. The van der Waals surface area contributed by atoms with E-state index in [0.717, 1.165) is 0 Å². The number of aromatic nitrogens is 1. The molecule has 138 valence electrons. The van der Waals surface area contributed by atoms with Crippen LogP contribution in [-0.4, -0.2) is 23.6 Å². The van der Waals surface area contributed by atoms with Gasteiger partial charge in [-0.1, -0.05) is 17.3 Å². The molecular formula is C19H15FN2O5. The Kier molecular flexibility index (Phi) is 4.45. The second-order valence-electron chi connectivity index (χ2n) is 6.12. The van der Waals surface area contributed by atoms with Gasteiger partial charge in [0, 0.05) is 19.0 Å². The maximum Gasteiger partial charge on any atom is 0.311 e. The zero-order chi connectivity index (χ0) is 18.8. The summed E-state index contributed by atoms with van der Waals surface area (Å²) in [6, 6.07) is 11.0. The van der Waals surface area contributed by atoms with Gasteiger partial charge in [0.15, 0.2) is 5.76 Å². The number of carbonyl (C=O) groups is 2. The normalized spacial score (nSPS) is 16.7. The van der Waals surface area contributed by atoms with Gasteiger partial charge >= 0.3 is 5.97 Å². The van der Waals surface area contributed by atoms with Gasteiger partial charge in [0.25, 0.3) is 0 Å². The summed E-state index contributed by atoms with van der Waals surface area (Å²) < 4.78 is 29.5. The zero-order valence-corrected chi connectivity index (χ0v) is 14.1. The first kappa shape index (κ1) is 17.0. The minimum absolute atomic E-state index is 0.0242. The molecule has 8 heteroatoms. The largest absolute Gasteiger partial charge is 0.461 e. The molecule has 0 N–H and O–H groups in total. The topological polar surface area (TPSA) is 85.8 Å². The van der Waals surface area contributed by atoms with Crippen molar-refractivity contribution < 1.29 is 27.7 Å². The van der Waals surface area contributed by atoms with E-state index in [-0.39, 0.29) is 31.2 Å². The Labute approximate surface area is 153 Å². The van der Waals surface area contributed by atoms with E-state index < -0.39 is 17.7 Å². The third-order valence-electron chi connectivity index (χ3n) is 4.29. The van der Waals surface area contributed by atoms with Crippen LogP contribution >= 0.6 is 0 Å². The summed E-state index contributed by atoms with van der Waals surface area (Å²) >= 11 is 0. The van der Waals surface area contributed by atoms with E-state index in [2.05, 4.69) is 5.16 Å². The van der Waals surface area contributed by atoms with Gasteiger partial charge in [-0.15, -0.1) is 0 Å². The molecule has 1 aromatic carbocycles. The molecule has 0 aliphatic carbocycles. The third-order valence-corrected chi connectivity index (χ3v) is 4.29. The van der Waals surface area contributed by atoms with Crippen molar-refractivity contribution in [2.24, 2.45) is 5.92 Å². The molecule has 3 heterocycles. The first-order chi connectivity index (χ1) is 13.1. The van der Waals surface area contributed by atoms with Crippen LogP contribution in [0.2, 0.25) is 0 Å². The van der Waals surface area contributed by atoms with E-state index in [4.69, 9.17) is 13.7 Å². The first-order valence-corrected chi connectivity index (χ1v) is 8.33. The Morgan fingerprint density at radius 3 is 2.89 bits per heavy atom. The molecule has 0 radical (unpaired) electrons. The SMILES string of the molecule is O=C(OCc1cc(-c2ccco2)on1)[C@H]1CC(=O)N(c2ccccc2F)C1. The fourth-order valence-electron chi connectivity index (χ4n) is 2.95. The van der Waals surface area contributed by atoms with E-state index in [1.54, 1.807) is 30.3 Å². The summed E-state index contributed by atoms with van der Waals surface area (Å²) in [5.74, 6) is -1.08. The van der Waals surface area contributed by atoms with Crippen molar-refractivity contribution in [3.8, 4) is 11.5 Å². The van der Waals surface area contributed by atoms with E-state index in [0.29, 0.717) is 17.2 Å². The Bertz CT molecular complexity index is 966. The number of furan rings is 1. The van der Waals surface area contributed by atoms with Gasteiger partial charge in [-0.2, -0.15) is 0 Å². The number of anilines is 1. The quantitative estimate of drug-likeness (QED) is 0.641. The minimum atomic E-state index is -0.659. The van der Waals surface area contributed by atoms with Gasteiger partial charge in [0.1, 0.15) is 18.1 Å². The van der Waals surface area contributed by atoms with Gasteiger partial charge < -0.3 is 18.6 Å². The maximum absolute atomic E-state index is 13.9. The maximum atomic E-state index is 13.9. The lowest BCUT2D eigenvalue weighted by molar-refractivity contribution is -0.149. The smallest absolute Gasteiger partial charge is 0.311 e. The highest BCUT2D eigenvalue weighted by Gasteiger charge is 2.37. The highest BCUT2D eigenvalue weighted by molar-refractivity contribution is 5.99. The van der Waals surface area contributed by atoms with Crippen LogP contribution in [0, 0.1) is 11.7 Å². The molecule has 1 atom stereocenters. The Morgan fingerprint density at radius 2 is 2.11 bits per heavy atom. The Morgan fingerprint density at radius 1 is 1.26 bits per heavy atom. The number of hydrogen-bond donors (Lipinski definition) is 0. The molecule has 0 bridgehead atoms. The average Bonchev–Trinajstić information content (AvgIpc) is 3.40. The number of carbonyl (C=O) groups excluding carboxylic acids is 2. The zero-order valence-electron chi connectivity index (χ0n) is 14.1. The van der Waals surface area contributed by atoms with Crippen LogP contribution in [0.1, 0.15) is 12.1 Å². The number of benzene rings is 1. The molecule has 0 spiro atoms. The second kappa shape index (κ2) is 7.06. The molecule has 1 aliphatic rings. The Hall–Kier alpha value is -3.42. The van der Waals surface area contributed by atoms with Gasteiger partial charge in [0.05, 0.1) is 17.9 Å². The lowest BCUT2D eigenvalue weighted by atomic mass is 10.1. The summed E-state index contributed by atoms with van der Waals surface area (Å²) in [6.45, 7) is -0.0114. The lowest BCUT2D eigenvalue weighted by Crippen LogP contribution is -2.27. The van der Waals surface area contributed by atoms with Crippen LogP contribution in [0.25, 0.3) is 11.5 Å². The van der Waals surface area contributed by atoms with Crippen molar-refractivity contribution in [3.63, 3.8) is 0 Å². The number of esters is 1. The Balaban J connectivity index is 1.37. The van der Waals surface area contributed by atoms with Crippen molar-refractivity contribution in [1.29, 1.82) is 0 Å². The van der Waals surface area contributed by atoms with Gasteiger partial charge in [0.2, 0.25) is 11.7 Å². The molecule has 27 heavy (non-hydrogen) atoms. The number of rotatable bonds is 5. The molecule has 2 aromatic heterocycles. The minimum Gasteiger partial charge on any atom is -0.461 e. The molecule has 1 amide bonds. The van der Waals surface area contributed by atoms with Crippen molar-refractivity contribution >= 4 is 17.6 Å². The van der Waals surface area contributed by atoms with E-state index in [1.165, 1.54) is 23.3 Å². The predicted molar refractivity (Wildman–Crippen MR) is 90.9 cm³/mol. The van der Waals surface area contributed by atoms with Gasteiger partial charge in [-0.25, -0.2) is 4.39 Å². The molecule has 1 aliphatic heterocycles. The summed E-state index contributed by atoms with van der Waals surface area (Å²) in [6.07, 6.45) is 1.49. The van der Waals surface area contributed by atoms with Crippen LogP contribution in [0.15, 0.2) is 57.7 Å². The highest BCUT2D eigenvalue weighted by Crippen LogP contribution is 2.28. The highest BCUT2D eigenvalue weighted by atomic mass is 19.1. The number of para-hydroxylation sites is 1. The average molecular weight is 370 g/mol. The number of halogens is 1. The molecule has 0 saturated carbocycles. The van der Waals surface area contributed by atoms with Crippen LogP contribution in [0.5, 0.6) is 0 Å². The third kappa shape index (κ3) is 3.46. The van der Waals surface area contributed by atoms with E-state index in [9.17, 15) is 14.0 Å². The van der Waals surface area contributed by atoms with Crippen molar-refractivity contribution in [3.05, 3.63) is 60.2 Å². The summed E-state index contributed by atoms with van der Waals surface area (Å²) in [4.78, 5) is 25.7.